The van der Waals surface area contributed by atoms with E-state index in [0.717, 1.165) is 11.3 Å². The van der Waals surface area contributed by atoms with Crippen LogP contribution in [0.4, 0.5) is 0 Å². The molecule has 0 spiro atoms. The van der Waals surface area contributed by atoms with Gasteiger partial charge in [-0.2, -0.15) is 0 Å². The molecule has 0 heterocycles. The molecule has 2 rings (SSSR count). The number of ether oxygens (including phenoxy) is 1. The summed E-state index contributed by atoms with van der Waals surface area (Å²) >= 11 is 0. The third kappa shape index (κ3) is 4.35. The van der Waals surface area contributed by atoms with E-state index in [2.05, 4.69) is 17.4 Å². The van der Waals surface area contributed by atoms with E-state index in [-0.39, 0.29) is 11.4 Å². The number of methoxy groups -OCH3 is 1. The van der Waals surface area contributed by atoms with Crippen LogP contribution >= 0.6 is 0 Å². The Bertz CT molecular complexity index is 642. The molecule has 2 aromatic carbocycles. The second-order valence-corrected chi connectivity index (χ2v) is 6.39. The van der Waals surface area contributed by atoms with E-state index in [0.29, 0.717) is 12.0 Å². The highest BCUT2D eigenvalue weighted by Crippen LogP contribution is 2.21. The van der Waals surface area contributed by atoms with Gasteiger partial charge in [0, 0.05) is 11.1 Å². The Morgan fingerprint density at radius 2 is 1.77 bits per heavy atom. The number of carbonyl (C=O) groups is 1. The first-order valence-electron chi connectivity index (χ1n) is 7.42. The van der Waals surface area contributed by atoms with E-state index in [9.17, 15) is 4.79 Å². The van der Waals surface area contributed by atoms with Crippen LogP contribution < -0.4 is 10.1 Å². The highest BCUT2D eigenvalue weighted by Gasteiger charge is 2.18. The van der Waals surface area contributed by atoms with Gasteiger partial charge >= 0.3 is 0 Å². The molecule has 0 saturated heterocycles. The van der Waals surface area contributed by atoms with Crippen molar-refractivity contribution in [3.8, 4) is 5.75 Å². The fourth-order valence-corrected chi connectivity index (χ4v) is 2.29. The van der Waals surface area contributed by atoms with Crippen LogP contribution in [0.2, 0.25) is 0 Å². The van der Waals surface area contributed by atoms with E-state index in [1.54, 1.807) is 7.11 Å². The zero-order valence-corrected chi connectivity index (χ0v) is 13.6. The van der Waals surface area contributed by atoms with Gasteiger partial charge in [0.25, 0.3) is 5.91 Å². The number of benzene rings is 2. The molecule has 3 heteroatoms. The minimum Gasteiger partial charge on any atom is -0.497 e. The molecule has 0 unspecified atom stereocenters. The summed E-state index contributed by atoms with van der Waals surface area (Å²) in [5, 5.41) is 3.02. The summed E-state index contributed by atoms with van der Waals surface area (Å²) in [5.41, 5.74) is 2.56. The average Bonchev–Trinajstić information content (AvgIpc) is 2.46. The molecule has 0 aromatic heterocycles. The first kappa shape index (κ1) is 16.1. The van der Waals surface area contributed by atoms with Gasteiger partial charge in [-0.25, -0.2) is 0 Å². The van der Waals surface area contributed by atoms with Gasteiger partial charge in [-0.3, -0.25) is 4.79 Å². The Labute approximate surface area is 132 Å². The molecule has 0 bridgehead atoms. The summed E-state index contributed by atoms with van der Waals surface area (Å²) in [7, 11) is 1.64. The fourth-order valence-electron chi connectivity index (χ4n) is 2.29. The summed E-state index contributed by atoms with van der Waals surface area (Å²) in [4.78, 5) is 12.5. The molecule has 0 aliphatic heterocycles. The van der Waals surface area contributed by atoms with Crippen LogP contribution in [0, 0.1) is 0 Å². The van der Waals surface area contributed by atoms with E-state index < -0.39 is 0 Å². The van der Waals surface area contributed by atoms with Crippen molar-refractivity contribution >= 4 is 5.91 Å². The van der Waals surface area contributed by atoms with Gasteiger partial charge in [0.15, 0.2) is 0 Å². The van der Waals surface area contributed by atoms with E-state index in [4.69, 9.17) is 4.74 Å². The fraction of sp³-hybridized carbons (Fsp3) is 0.316. The van der Waals surface area contributed by atoms with Gasteiger partial charge in [0.05, 0.1) is 7.11 Å². The lowest BCUT2D eigenvalue weighted by Gasteiger charge is -2.22. The summed E-state index contributed by atoms with van der Waals surface area (Å²) in [6.07, 6.45) is 0.699. The van der Waals surface area contributed by atoms with Crippen molar-refractivity contribution in [2.75, 3.05) is 7.11 Å². The molecule has 3 nitrogen and oxygen atoms in total. The van der Waals surface area contributed by atoms with Crippen LogP contribution in [-0.2, 0) is 6.42 Å². The molecule has 0 fully saturated rings. The Hall–Kier alpha value is -2.29. The molecule has 0 atom stereocenters. The predicted molar refractivity (Wildman–Crippen MR) is 89.5 cm³/mol. The second-order valence-electron chi connectivity index (χ2n) is 6.39. The molecule has 1 N–H and O–H groups in total. The number of hydrogen-bond donors (Lipinski definition) is 1. The highest BCUT2D eigenvalue weighted by atomic mass is 16.5. The minimum absolute atomic E-state index is 0.0546. The van der Waals surface area contributed by atoms with Gasteiger partial charge in [-0.15, -0.1) is 0 Å². The van der Waals surface area contributed by atoms with E-state index >= 15 is 0 Å². The Kier molecular flexibility index (Phi) is 4.86. The summed E-state index contributed by atoms with van der Waals surface area (Å²) in [5.74, 6) is 0.708. The molecule has 1 amide bonds. The molecule has 0 aliphatic carbocycles. The SMILES string of the molecule is COc1ccc(C(=O)NC(C)(C)C)c(Cc2ccccc2)c1. The average molecular weight is 297 g/mol. The molecule has 2 aromatic rings. The lowest BCUT2D eigenvalue weighted by Crippen LogP contribution is -2.40. The summed E-state index contributed by atoms with van der Waals surface area (Å²) in [6.45, 7) is 5.93. The van der Waals surface area contributed by atoms with E-state index in [1.165, 1.54) is 5.56 Å². The standard InChI is InChI=1S/C19H23NO2/c1-19(2,3)20-18(21)17-11-10-16(22-4)13-15(17)12-14-8-6-5-7-9-14/h5-11,13H,12H2,1-4H3,(H,20,21). The molecule has 116 valence electrons. The summed E-state index contributed by atoms with van der Waals surface area (Å²) < 4.78 is 5.30. The zero-order valence-electron chi connectivity index (χ0n) is 13.6. The predicted octanol–water partition coefficient (Wildman–Crippen LogP) is 3.81. The topological polar surface area (TPSA) is 38.3 Å². The minimum atomic E-state index is -0.263. The van der Waals surface area contributed by atoms with Crippen molar-refractivity contribution < 1.29 is 9.53 Å². The third-order valence-corrected chi connectivity index (χ3v) is 3.28. The van der Waals surface area contributed by atoms with Crippen LogP contribution in [0.1, 0.15) is 42.3 Å². The molecular formula is C19H23NO2. The normalized spacial score (nSPS) is 11.1. The molecule has 22 heavy (non-hydrogen) atoms. The number of rotatable bonds is 4. The van der Waals surface area contributed by atoms with Gasteiger partial charge in [0.1, 0.15) is 5.75 Å². The van der Waals surface area contributed by atoms with Crippen molar-refractivity contribution in [2.24, 2.45) is 0 Å². The molecule has 0 aliphatic rings. The number of amides is 1. The van der Waals surface area contributed by atoms with Crippen LogP contribution in [0.25, 0.3) is 0 Å². The first-order chi connectivity index (χ1) is 10.4. The lowest BCUT2D eigenvalue weighted by atomic mass is 9.98. The largest absolute Gasteiger partial charge is 0.497 e. The molecule has 0 saturated carbocycles. The monoisotopic (exact) mass is 297 g/mol. The van der Waals surface area contributed by atoms with Crippen molar-refractivity contribution in [1.29, 1.82) is 0 Å². The second kappa shape index (κ2) is 6.65. The quantitative estimate of drug-likeness (QED) is 0.932. The van der Waals surface area contributed by atoms with Crippen LogP contribution in [-0.4, -0.2) is 18.6 Å². The van der Waals surface area contributed by atoms with Crippen LogP contribution in [0.5, 0.6) is 5.75 Å². The first-order valence-corrected chi connectivity index (χ1v) is 7.42. The van der Waals surface area contributed by atoms with Gasteiger partial charge in [-0.1, -0.05) is 30.3 Å². The number of carbonyl (C=O) groups excluding carboxylic acids is 1. The Morgan fingerprint density at radius 1 is 1.09 bits per heavy atom. The lowest BCUT2D eigenvalue weighted by molar-refractivity contribution is 0.0918. The highest BCUT2D eigenvalue weighted by molar-refractivity contribution is 5.96. The maximum Gasteiger partial charge on any atom is 0.251 e. The Balaban J connectivity index is 2.35. The maximum absolute atomic E-state index is 12.5. The number of hydrogen-bond acceptors (Lipinski definition) is 2. The van der Waals surface area contributed by atoms with Gasteiger partial charge < -0.3 is 10.1 Å². The van der Waals surface area contributed by atoms with Crippen molar-refractivity contribution in [3.63, 3.8) is 0 Å². The Morgan fingerprint density at radius 3 is 2.36 bits per heavy atom. The van der Waals surface area contributed by atoms with Crippen molar-refractivity contribution in [1.82, 2.24) is 5.32 Å². The van der Waals surface area contributed by atoms with Gasteiger partial charge in [0.2, 0.25) is 0 Å². The molecule has 0 radical (unpaired) electrons. The molecular weight excluding hydrogens is 274 g/mol. The van der Waals surface area contributed by atoms with Crippen molar-refractivity contribution in [2.45, 2.75) is 32.7 Å². The van der Waals surface area contributed by atoms with Crippen molar-refractivity contribution in [3.05, 3.63) is 65.2 Å². The van der Waals surface area contributed by atoms with Crippen LogP contribution in [0.3, 0.4) is 0 Å². The summed E-state index contributed by atoms with van der Waals surface area (Å²) in [6, 6.07) is 15.7. The number of nitrogens with one attached hydrogen (secondary N) is 1. The zero-order chi connectivity index (χ0) is 16.2. The third-order valence-electron chi connectivity index (χ3n) is 3.28. The van der Waals surface area contributed by atoms with Crippen LogP contribution in [0.15, 0.2) is 48.5 Å². The smallest absolute Gasteiger partial charge is 0.251 e. The maximum atomic E-state index is 12.5. The van der Waals surface area contributed by atoms with E-state index in [1.807, 2.05) is 57.2 Å². The van der Waals surface area contributed by atoms with Gasteiger partial charge in [-0.05, 0) is 56.5 Å².